The number of H-pyrrole nitrogens is 1. The minimum Gasteiger partial charge on any atom is -0.348 e. The van der Waals surface area contributed by atoms with Crippen LogP contribution in [0.25, 0.3) is 0 Å². The van der Waals surface area contributed by atoms with Crippen LogP contribution in [0.15, 0.2) is 30.9 Å². The minimum atomic E-state index is -0.0196. The van der Waals surface area contributed by atoms with E-state index in [2.05, 4.69) is 15.0 Å². The normalized spacial score (nSPS) is 23.1. The molecule has 0 aliphatic carbocycles. The van der Waals surface area contributed by atoms with E-state index < -0.39 is 0 Å². The highest BCUT2D eigenvalue weighted by atomic mass is 16.2. The van der Waals surface area contributed by atoms with Gasteiger partial charge < -0.3 is 14.8 Å². The molecule has 0 unspecified atom stereocenters. The third-order valence-electron chi connectivity index (χ3n) is 5.83. The Labute approximate surface area is 158 Å². The van der Waals surface area contributed by atoms with Crippen molar-refractivity contribution >= 4 is 11.8 Å². The number of piperidine rings is 2. The van der Waals surface area contributed by atoms with Crippen molar-refractivity contribution in [1.82, 2.24) is 24.8 Å². The third-order valence-corrected chi connectivity index (χ3v) is 5.83. The minimum absolute atomic E-state index is 0.0106. The molecule has 2 aliphatic rings. The van der Waals surface area contributed by atoms with E-state index in [4.69, 9.17) is 0 Å². The molecule has 2 aromatic heterocycles. The molecule has 1 spiro atoms. The summed E-state index contributed by atoms with van der Waals surface area (Å²) in [6, 6.07) is 3.89. The van der Waals surface area contributed by atoms with E-state index in [1.807, 2.05) is 35.1 Å². The molecule has 2 saturated heterocycles. The van der Waals surface area contributed by atoms with Crippen molar-refractivity contribution in [2.24, 2.45) is 5.41 Å². The number of hydrogen-bond donors (Lipinski definition) is 1. The first-order chi connectivity index (χ1) is 13.1. The van der Waals surface area contributed by atoms with Gasteiger partial charge in [-0.3, -0.25) is 14.6 Å². The third kappa shape index (κ3) is 3.59. The summed E-state index contributed by atoms with van der Waals surface area (Å²) in [5.74, 6) is 0.180. The van der Waals surface area contributed by atoms with Crippen LogP contribution in [-0.4, -0.2) is 56.2 Å². The monoisotopic (exact) mass is 367 g/mol. The zero-order valence-electron chi connectivity index (χ0n) is 15.6. The average molecular weight is 367 g/mol. The lowest BCUT2D eigenvalue weighted by molar-refractivity contribution is -0.139. The summed E-state index contributed by atoms with van der Waals surface area (Å²) in [4.78, 5) is 40.6. The van der Waals surface area contributed by atoms with Crippen molar-refractivity contribution < 1.29 is 9.59 Å². The van der Waals surface area contributed by atoms with Crippen LogP contribution >= 0.6 is 0 Å². The van der Waals surface area contributed by atoms with Crippen LogP contribution in [0.2, 0.25) is 0 Å². The van der Waals surface area contributed by atoms with Gasteiger partial charge in [0.2, 0.25) is 5.91 Å². The second kappa shape index (κ2) is 7.13. The molecule has 1 atom stereocenters. The number of likely N-dealkylation sites (tertiary alicyclic amines) is 2. The Kier molecular flexibility index (Phi) is 4.68. The van der Waals surface area contributed by atoms with E-state index in [9.17, 15) is 9.59 Å². The Hall–Kier alpha value is -2.70. The summed E-state index contributed by atoms with van der Waals surface area (Å²) in [5, 5.41) is 0. The molecule has 27 heavy (non-hydrogen) atoms. The van der Waals surface area contributed by atoms with Crippen molar-refractivity contribution in [1.29, 1.82) is 0 Å². The fraction of sp³-hybridized carbons (Fsp3) is 0.500. The van der Waals surface area contributed by atoms with Gasteiger partial charge in [-0.05, 0) is 37.8 Å². The van der Waals surface area contributed by atoms with Gasteiger partial charge in [0.05, 0.1) is 6.33 Å². The SMILES string of the molecule is Cc1[nH]cnc1C(=O)N1CCC[C@]2(CCC(=O)N(Cc3cccnc3)C2)C1. The van der Waals surface area contributed by atoms with E-state index >= 15 is 0 Å². The molecule has 7 nitrogen and oxygen atoms in total. The van der Waals surface area contributed by atoms with Gasteiger partial charge >= 0.3 is 0 Å². The molecular formula is C20H25N5O2. The quantitative estimate of drug-likeness (QED) is 0.901. The molecule has 142 valence electrons. The Balaban J connectivity index is 1.49. The van der Waals surface area contributed by atoms with Crippen LogP contribution in [0, 0.1) is 12.3 Å². The summed E-state index contributed by atoms with van der Waals surface area (Å²) in [6.45, 7) is 4.60. The molecule has 0 aromatic carbocycles. The van der Waals surface area contributed by atoms with Gasteiger partial charge in [-0.1, -0.05) is 6.07 Å². The second-order valence-corrected chi connectivity index (χ2v) is 7.82. The number of hydrogen-bond acceptors (Lipinski definition) is 4. The maximum atomic E-state index is 12.9. The number of imidazole rings is 1. The van der Waals surface area contributed by atoms with Crippen molar-refractivity contribution in [3.05, 3.63) is 47.8 Å². The van der Waals surface area contributed by atoms with Crippen LogP contribution in [0.4, 0.5) is 0 Å². The smallest absolute Gasteiger partial charge is 0.274 e. The van der Waals surface area contributed by atoms with Crippen molar-refractivity contribution in [3.63, 3.8) is 0 Å². The van der Waals surface area contributed by atoms with Gasteiger partial charge in [0, 0.05) is 56.1 Å². The molecule has 0 bridgehead atoms. The molecular weight excluding hydrogens is 342 g/mol. The molecule has 0 saturated carbocycles. The molecule has 4 rings (SSSR count). The van der Waals surface area contributed by atoms with Crippen molar-refractivity contribution in [3.8, 4) is 0 Å². The topological polar surface area (TPSA) is 82.2 Å². The van der Waals surface area contributed by atoms with Gasteiger partial charge in [0.15, 0.2) is 0 Å². The number of aryl methyl sites for hydroxylation is 1. The molecule has 1 N–H and O–H groups in total. The Morgan fingerprint density at radius 1 is 1.33 bits per heavy atom. The summed E-state index contributed by atoms with van der Waals surface area (Å²) in [6.07, 6.45) is 8.52. The largest absolute Gasteiger partial charge is 0.348 e. The highest BCUT2D eigenvalue weighted by Crippen LogP contribution is 2.39. The molecule has 4 heterocycles. The lowest BCUT2D eigenvalue weighted by atomic mass is 9.73. The number of carbonyl (C=O) groups excluding carboxylic acids is 2. The molecule has 2 amide bonds. The molecule has 0 radical (unpaired) electrons. The van der Waals surface area contributed by atoms with E-state index in [1.165, 1.54) is 0 Å². The first-order valence-corrected chi connectivity index (χ1v) is 9.52. The van der Waals surface area contributed by atoms with Gasteiger partial charge in [-0.25, -0.2) is 4.98 Å². The highest BCUT2D eigenvalue weighted by molar-refractivity contribution is 5.93. The van der Waals surface area contributed by atoms with Gasteiger partial charge in [-0.15, -0.1) is 0 Å². The van der Waals surface area contributed by atoms with Crippen molar-refractivity contribution in [2.45, 2.75) is 39.2 Å². The number of pyridine rings is 1. The summed E-state index contributed by atoms with van der Waals surface area (Å²) in [7, 11) is 0. The highest BCUT2D eigenvalue weighted by Gasteiger charge is 2.43. The van der Waals surface area contributed by atoms with Crippen LogP contribution < -0.4 is 0 Å². The summed E-state index contributed by atoms with van der Waals surface area (Å²) >= 11 is 0. The van der Waals surface area contributed by atoms with E-state index in [1.54, 1.807) is 12.5 Å². The molecule has 2 aromatic rings. The van der Waals surface area contributed by atoms with Gasteiger partial charge in [-0.2, -0.15) is 0 Å². The number of aromatic amines is 1. The number of amides is 2. The lowest BCUT2D eigenvalue weighted by Crippen LogP contribution is -2.54. The number of rotatable bonds is 3. The number of nitrogens with one attached hydrogen (secondary N) is 1. The first kappa shape index (κ1) is 17.7. The van der Waals surface area contributed by atoms with Crippen LogP contribution in [-0.2, 0) is 11.3 Å². The molecule has 7 heteroatoms. The summed E-state index contributed by atoms with van der Waals surface area (Å²) in [5.41, 5.74) is 2.33. The number of aromatic nitrogens is 3. The average Bonchev–Trinajstić information content (AvgIpc) is 3.11. The van der Waals surface area contributed by atoms with Gasteiger partial charge in [0.25, 0.3) is 5.91 Å². The maximum Gasteiger partial charge on any atom is 0.274 e. The molecule has 2 aliphatic heterocycles. The maximum absolute atomic E-state index is 12.9. The molecule has 2 fully saturated rings. The first-order valence-electron chi connectivity index (χ1n) is 9.52. The predicted octanol–water partition coefficient (Wildman–Crippen LogP) is 2.16. The fourth-order valence-electron chi connectivity index (χ4n) is 4.40. The Morgan fingerprint density at radius 3 is 2.96 bits per heavy atom. The van der Waals surface area contributed by atoms with Crippen LogP contribution in [0.1, 0.15) is 47.4 Å². The fourth-order valence-corrected chi connectivity index (χ4v) is 4.40. The van der Waals surface area contributed by atoms with Gasteiger partial charge in [0.1, 0.15) is 5.69 Å². The van der Waals surface area contributed by atoms with E-state index in [0.717, 1.165) is 37.1 Å². The Bertz CT molecular complexity index is 834. The zero-order chi connectivity index (χ0) is 18.9. The number of carbonyl (C=O) groups is 2. The predicted molar refractivity (Wildman–Crippen MR) is 99.8 cm³/mol. The Morgan fingerprint density at radius 2 is 2.22 bits per heavy atom. The number of nitrogens with zero attached hydrogens (tertiary/aromatic N) is 4. The van der Waals surface area contributed by atoms with E-state index in [0.29, 0.717) is 31.7 Å². The van der Waals surface area contributed by atoms with E-state index in [-0.39, 0.29) is 17.2 Å². The second-order valence-electron chi connectivity index (χ2n) is 7.82. The lowest BCUT2D eigenvalue weighted by Gasteiger charge is -2.48. The van der Waals surface area contributed by atoms with Crippen molar-refractivity contribution in [2.75, 3.05) is 19.6 Å². The standard InChI is InChI=1S/C20H25N5O2/c1-15-18(23-14-22-15)19(27)24-9-3-6-20(12-24)7-5-17(26)25(13-20)11-16-4-2-8-21-10-16/h2,4,8,10,14H,3,5-7,9,11-13H2,1H3,(H,22,23)/t20-/m0/s1. The van der Waals surface area contributed by atoms with Crippen LogP contribution in [0.5, 0.6) is 0 Å². The zero-order valence-corrected chi connectivity index (χ0v) is 15.6. The van der Waals surface area contributed by atoms with Crippen LogP contribution in [0.3, 0.4) is 0 Å². The summed E-state index contributed by atoms with van der Waals surface area (Å²) < 4.78 is 0.